The molecule has 0 radical (unpaired) electrons. The minimum atomic E-state index is -4.92. The molecule has 1 amide bonds. The van der Waals surface area contributed by atoms with Gasteiger partial charge in [0.15, 0.2) is 5.41 Å². The van der Waals surface area contributed by atoms with E-state index in [1.807, 2.05) is 0 Å². The Hall–Kier alpha value is -1.76. The highest BCUT2D eigenvalue weighted by atomic mass is 35.5. The van der Waals surface area contributed by atoms with E-state index in [9.17, 15) is 22.8 Å². The van der Waals surface area contributed by atoms with Gasteiger partial charge >= 0.3 is 12.1 Å². The largest absolute Gasteiger partial charge is 0.481 e. The van der Waals surface area contributed by atoms with Crippen LogP contribution in [0, 0.1) is 12.3 Å². The fourth-order valence-corrected chi connectivity index (χ4v) is 2.69. The quantitative estimate of drug-likeness (QED) is 0.903. The van der Waals surface area contributed by atoms with E-state index in [2.05, 4.69) is 0 Å². The lowest BCUT2D eigenvalue weighted by molar-refractivity contribution is -0.227. The van der Waals surface area contributed by atoms with Gasteiger partial charge in [0.1, 0.15) is 0 Å². The van der Waals surface area contributed by atoms with Crippen molar-refractivity contribution in [3.05, 3.63) is 34.3 Å². The van der Waals surface area contributed by atoms with Crippen LogP contribution in [0.15, 0.2) is 18.2 Å². The van der Waals surface area contributed by atoms with Gasteiger partial charge in [-0.25, -0.2) is 0 Å². The third kappa shape index (κ3) is 2.54. The number of rotatable bonds is 2. The first-order chi connectivity index (χ1) is 10.1. The summed E-state index contributed by atoms with van der Waals surface area (Å²) in [6.45, 7) is 0.424. The summed E-state index contributed by atoms with van der Waals surface area (Å²) in [7, 11) is 0. The number of nitrogens with zero attached hydrogens (tertiary/aromatic N) is 1. The van der Waals surface area contributed by atoms with Crippen molar-refractivity contribution in [2.24, 2.45) is 5.41 Å². The Labute approximate surface area is 129 Å². The molecule has 1 fully saturated rings. The monoisotopic (exact) mass is 335 g/mol. The van der Waals surface area contributed by atoms with Gasteiger partial charge in [-0.3, -0.25) is 9.59 Å². The summed E-state index contributed by atoms with van der Waals surface area (Å²) in [6.07, 6.45) is -5.57. The molecule has 2 rings (SSSR count). The first-order valence-corrected chi connectivity index (χ1v) is 6.82. The molecule has 1 heterocycles. The molecule has 0 bridgehead atoms. The lowest BCUT2D eigenvalue weighted by Crippen LogP contribution is -2.47. The maximum Gasteiger partial charge on any atom is 0.406 e. The van der Waals surface area contributed by atoms with E-state index in [0.717, 1.165) is 4.90 Å². The van der Waals surface area contributed by atoms with Crippen LogP contribution < -0.4 is 0 Å². The van der Waals surface area contributed by atoms with Gasteiger partial charge in [-0.2, -0.15) is 13.2 Å². The molecule has 0 spiro atoms. The lowest BCUT2D eigenvalue weighted by Gasteiger charge is -2.27. The summed E-state index contributed by atoms with van der Waals surface area (Å²) in [4.78, 5) is 24.4. The van der Waals surface area contributed by atoms with Gasteiger partial charge in [-0.05, 0) is 31.0 Å². The summed E-state index contributed by atoms with van der Waals surface area (Å²) in [5.74, 6) is -2.61. The van der Waals surface area contributed by atoms with Gasteiger partial charge in [0.25, 0.3) is 5.91 Å². The van der Waals surface area contributed by atoms with E-state index in [1.165, 1.54) is 12.1 Å². The smallest absolute Gasteiger partial charge is 0.406 e. The van der Waals surface area contributed by atoms with Crippen molar-refractivity contribution in [2.45, 2.75) is 19.5 Å². The normalized spacial score (nSPS) is 22.0. The standard InChI is InChI=1S/C14H13ClF3NO3/c1-8-9(3-2-4-10(8)15)11(20)19-6-5-13(7-19,12(21)22)14(16,17)18/h2-4H,5-7H2,1H3,(H,21,22). The Morgan fingerprint density at radius 3 is 2.50 bits per heavy atom. The van der Waals surface area contributed by atoms with Crippen LogP contribution in [0.4, 0.5) is 13.2 Å². The molecule has 22 heavy (non-hydrogen) atoms. The summed E-state index contributed by atoms with van der Waals surface area (Å²) < 4.78 is 39.3. The van der Waals surface area contributed by atoms with Crippen molar-refractivity contribution in [2.75, 3.05) is 13.1 Å². The predicted octanol–water partition coefficient (Wildman–Crippen LogP) is 3.13. The van der Waals surface area contributed by atoms with Crippen LogP contribution in [0.2, 0.25) is 5.02 Å². The van der Waals surface area contributed by atoms with Crippen molar-refractivity contribution < 1.29 is 27.9 Å². The molecule has 1 unspecified atom stereocenters. The number of likely N-dealkylation sites (tertiary alicyclic amines) is 1. The SMILES string of the molecule is Cc1c(Cl)cccc1C(=O)N1CCC(C(=O)O)(C(F)(F)F)C1. The first kappa shape index (κ1) is 16.6. The molecule has 1 saturated heterocycles. The zero-order valence-corrected chi connectivity index (χ0v) is 12.3. The fourth-order valence-electron chi connectivity index (χ4n) is 2.52. The highest BCUT2D eigenvalue weighted by Crippen LogP contribution is 2.46. The minimum absolute atomic E-state index is 0.177. The molecular weight excluding hydrogens is 323 g/mol. The average molecular weight is 336 g/mol. The molecule has 1 N–H and O–H groups in total. The Bertz CT molecular complexity index is 632. The van der Waals surface area contributed by atoms with Crippen molar-refractivity contribution in [3.63, 3.8) is 0 Å². The van der Waals surface area contributed by atoms with E-state index in [4.69, 9.17) is 16.7 Å². The number of amides is 1. The van der Waals surface area contributed by atoms with Gasteiger partial charge in [0, 0.05) is 23.7 Å². The van der Waals surface area contributed by atoms with Gasteiger partial charge < -0.3 is 10.0 Å². The molecule has 0 aromatic heterocycles. The molecule has 4 nitrogen and oxygen atoms in total. The zero-order valence-electron chi connectivity index (χ0n) is 11.6. The van der Waals surface area contributed by atoms with Gasteiger partial charge in [-0.15, -0.1) is 0 Å². The number of hydrogen-bond donors (Lipinski definition) is 1. The van der Waals surface area contributed by atoms with Crippen LogP contribution in [-0.4, -0.2) is 41.1 Å². The van der Waals surface area contributed by atoms with Gasteiger partial charge in [0.2, 0.25) is 0 Å². The van der Waals surface area contributed by atoms with Crippen LogP contribution in [0.1, 0.15) is 22.3 Å². The molecule has 1 aromatic carbocycles. The second-order valence-corrected chi connectivity index (χ2v) is 5.68. The predicted molar refractivity (Wildman–Crippen MR) is 72.8 cm³/mol. The van der Waals surface area contributed by atoms with Crippen LogP contribution in [-0.2, 0) is 4.79 Å². The summed E-state index contributed by atoms with van der Waals surface area (Å²) in [5, 5.41) is 9.31. The topological polar surface area (TPSA) is 57.6 Å². The van der Waals surface area contributed by atoms with Crippen molar-refractivity contribution >= 4 is 23.5 Å². The number of benzene rings is 1. The lowest BCUT2D eigenvalue weighted by atomic mass is 9.86. The third-order valence-electron chi connectivity index (χ3n) is 4.01. The van der Waals surface area contributed by atoms with Crippen LogP contribution in [0.3, 0.4) is 0 Å². The second kappa shape index (κ2) is 5.46. The average Bonchev–Trinajstić information content (AvgIpc) is 2.87. The maximum atomic E-state index is 13.1. The van der Waals surface area contributed by atoms with Crippen molar-refractivity contribution in [3.8, 4) is 0 Å². The van der Waals surface area contributed by atoms with E-state index >= 15 is 0 Å². The Morgan fingerprint density at radius 2 is 2.00 bits per heavy atom. The van der Waals surface area contributed by atoms with Crippen molar-refractivity contribution in [1.82, 2.24) is 4.90 Å². The fraction of sp³-hybridized carbons (Fsp3) is 0.429. The zero-order chi connectivity index (χ0) is 16.7. The second-order valence-electron chi connectivity index (χ2n) is 5.27. The number of aliphatic carboxylic acids is 1. The third-order valence-corrected chi connectivity index (χ3v) is 4.42. The Kier molecular flexibility index (Phi) is 4.12. The van der Waals surface area contributed by atoms with E-state index in [-0.39, 0.29) is 12.1 Å². The first-order valence-electron chi connectivity index (χ1n) is 6.44. The van der Waals surface area contributed by atoms with Gasteiger partial charge in [-0.1, -0.05) is 17.7 Å². The Balaban J connectivity index is 2.31. The number of carbonyl (C=O) groups is 2. The molecule has 120 valence electrons. The molecular formula is C14H13ClF3NO3. The summed E-state index contributed by atoms with van der Waals surface area (Å²) >= 11 is 5.90. The number of hydrogen-bond acceptors (Lipinski definition) is 2. The summed E-state index contributed by atoms with van der Waals surface area (Å²) in [6, 6.07) is 4.54. The van der Waals surface area contributed by atoms with E-state index in [0.29, 0.717) is 10.6 Å². The molecule has 1 aromatic rings. The van der Waals surface area contributed by atoms with Crippen LogP contribution >= 0.6 is 11.6 Å². The minimum Gasteiger partial charge on any atom is -0.481 e. The molecule has 0 aliphatic carbocycles. The number of alkyl halides is 3. The maximum absolute atomic E-state index is 13.1. The van der Waals surface area contributed by atoms with Crippen LogP contribution in [0.5, 0.6) is 0 Å². The Morgan fingerprint density at radius 1 is 1.36 bits per heavy atom. The molecule has 8 heteroatoms. The molecule has 1 atom stereocenters. The van der Waals surface area contributed by atoms with Gasteiger partial charge in [0.05, 0.1) is 0 Å². The number of carbonyl (C=O) groups excluding carboxylic acids is 1. The summed E-state index contributed by atoms with van der Waals surface area (Å²) in [5.41, 5.74) is -2.28. The number of carboxylic acid groups (broad SMARTS) is 1. The van der Waals surface area contributed by atoms with Crippen molar-refractivity contribution in [1.29, 1.82) is 0 Å². The van der Waals surface area contributed by atoms with Crippen LogP contribution in [0.25, 0.3) is 0 Å². The number of halogens is 4. The molecule has 1 aliphatic rings. The number of carboxylic acids is 1. The van der Waals surface area contributed by atoms with E-state index in [1.54, 1.807) is 13.0 Å². The highest BCUT2D eigenvalue weighted by molar-refractivity contribution is 6.31. The molecule has 1 aliphatic heterocycles. The molecule has 0 saturated carbocycles. The van der Waals surface area contributed by atoms with E-state index < -0.39 is 36.4 Å². The highest BCUT2D eigenvalue weighted by Gasteiger charge is 2.64.